The zero-order valence-electron chi connectivity index (χ0n) is 18.5. The number of thiophene rings is 1. The lowest BCUT2D eigenvalue weighted by molar-refractivity contribution is -0.138. The number of thioether (sulfide) groups is 1. The van der Waals surface area contributed by atoms with Crippen molar-refractivity contribution in [1.82, 2.24) is 14.9 Å². The first-order chi connectivity index (χ1) is 15.1. The largest absolute Gasteiger partial charge is 0.339 e. The number of H-pyrrole nitrogens is 1. The van der Waals surface area contributed by atoms with Gasteiger partial charge in [0.15, 0.2) is 0 Å². The molecule has 2 aliphatic carbocycles. The molecule has 0 aromatic carbocycles. The van der Waals surface area contributed by atoms with Crippen LogP contribution < -0.4 is 5.56 Å². The molecule has 0 bridgehead atoms. The van der Waals surface area contributed by atoms with E-state index in [1.807, 2.05) is 0 Å². The van der Waals surface area contributed by atoms with Gasteiger partial charge in [0, 0.05) is 29.6 Å². The summed E-state index contributed by atoms with van der Waals surface area (Å²) in [6, 6.07) is 0.472. The van der Waals surface area contributed by atoms with Crippen LogP contribution in [0.4, 0.5) is 0 Å². The lowest BCUT2D eigenvalue weighted by atomic mass is 9.72. The fourth-order valence-corrected chi connectivity index (χ4v) is 8.05. The van der Waals surface area contributed by atoms with Crippen LogP contribution in [0.25, 0.3) is 10.2 Å². The molecule has 7 heteroatoms. The van der Waals surface area contributed by atoms with Gasteiger partial charge in [-0.1, -0.05) is 19.8 Å². The molecule has 1 saturated heterocycles. The lowest BCUT2D eigenvalue weighted by Gasteiger charge is -2.47. The number of amides is 1. The van der Waals surface area contributed by atoms with Crippen molar-refractivity contribution < 1.29 is 4.79 Å². The summed E-state index contributed by atoms with van der Waals surface area (Å²) in [6.07, 6.45) is 11.3. The van der Waals surface area contributed by atoms with Crippen LogP contribution >= 0.6 is 23.1 Å². The molecule has 5 nitrogen and oxygen atoms in total. The molecule has 1 N–H and O–H groups in total. The highest BCUT2D eigenvalue weighted by atomic mass is 32.2. The normalized spacial score (nSPS) is 26.0. The maximum atomic E-state index is 13.0. The molecule has 5 rings (SSSR count). The summed E-state index contributed by atoms with van der Waals surface area (Å²) in [4.78, 5) is 37.8. The molecule has 3 heterocycles. The Morgan fingerprint density at radius 3 is 2.94 bits per heavy atom. The van der Waals surface area contributed by atoms with Gasteiger partial charge in [-0.25, -0.2) is 4.98 Å². The molecule has 0 spiro atoms. The number of piperidine rings is 1. The van der Waals surface area contributed by atoms with E-state index in [1.165, 1.54) is 49.0 Å². The first-order valence-corrected chi connectivity index (χ1v) is 14.0. The van der Waals surface area contributed by atoms with Gasteiger partial charge in [0.05, 0.1) is 11.1 Å². The number of likely N-dealkylation sites (tertiary alicyclic amines) is 1. The molecule has 3 aliphatic rings. The van der Waals surface area contributed by atoms with Crippen LogP contribution in [0.2, 0.25) is 0 Å². The molecule has 1 saturated carbocycles. The molecule has 2 aromatic heterocycles. The van der Waals surface area contributed by atoms with E-state index >= 15 is 0 Å². The summed E-state index contributed by atoms with van der Waals surface area (Å²) in [5.74, 6) is 3.96. The summed E-state index contributed by atoms with van der Waals surface area (Å²) in [7, 11) is 0. The second-order valence-corrected chi connectivity index (χ2v) is 11.8. The zero-order valence-corrected chi connectivity index (χ0v) is 20.1. The smallest absolute Gasteiger partial charge is 0.259 e. The van der Waals surface area contributed by atoms with E-state index < -0.39 is 0 Å². The van der Waals surface area contributed by atoms with Gasteiger partial charge < -0.3 is 9.88 Å². The predicted octanol–water partition coefficient (Wildman–Crippen LogP) is 4.91. The minimum atomic E-state index is 0.0156. The van der Waals surface area contributed by atoms with Crippen LogP contribution in [0.1, 0.15) is 74.6 Å². The molecule has 3 unspecified atom stereocenters. The number of carbonyl (C=O) groups excluding carboxylic acids is 1. The van der Waals surface area contributed by atoms with Crippen molar-refractivity contribution in [2.75, 3.05) is 12.3 Å². The van der Waals surface area contributed by atoms with Crippen LogP contribution in [0, 0.1) is 11.8 Å². The van der Waals surface area contributed by atoms with Gasteiger partial charge in [0.25, 0.3) is 5.56 Å². The van der Waals surface area contributed by atoms with Gasteiger partial charge in [-0.15, -0.1) is 11.3 Å². The second kappa shape index (κ2) is 9.26. The summed E-state index contributed by atoms with van der Waals surface area (Å²) >= 11 is 3.41. The molecule has 168 valence electrons. The number of carbonyl (C=O) groups is 1. The Labute approximate surface area is 192 Å². The van der Waals surface area contributed by atoms with E-state index in [0.717, 1.165) is 53.5 Å². The number of hydrogen-bond donors (Lipinski definition) is 1. The molecule has 0 radical (unpaired) electrons. The Morgan fingerprint density at radius 1 is 1.19 bits per heavy atom. The Balaban J connectivity index is 1.17. The number of nitrogens with zero attached hydrogens (tertiary/aromatic N) is 2. The summed E-state index contributed by atoms with van der Waals surface area (Å²) < 4.78 is 0. The first kappa shape index (κ1) is 21.5. The quantitative estimate of drug-likeness (QED) is 0.645. The van der Waals surface area contributed by atoms with E-state index in [0.29, 0.717) is 30.0 Å². The average Bonchev–Trinajstić information content (AvgIpc) is 3.16. The summed E-state index contributed by atoms with van der Waals surface area (Å²) in [6.45, 7) is 3.30. The maximum Gasteiger partial charge on any atom is 0.259 e. The lowest BCUT2D eigenvalue weighted by Crippen LogP contribution is -2.52. The minimum Gasteiger partial charge on any atom is -0.339 e. The number of aromatic nitrogens is 2. The predicted molar refractivity (Wildman–Crippen MR) is 129 cm³/mol. The number of aryl methyl sites for hydroxylation is 2. The van der Waals surface area contributed by atoms with Crippen molar-refractivity contribution in [3.8, 4) is 0 Å². The minimum absolute atomic E-state index is 0.0156. The molecule has 3 atom stereocenters. The Kier molecular flexibility index (Phi) is 6.42. The van der Waals surface area contributed by atoms with E-state index in [9.17, 15) is 9.59 Å². The fourth-order valence-electron chi connectivity index (χ4n) is 5.97. The first-order valence-electron chi connectivity index (χ1n) is 12.0. The van der Waals surface area contributed by atoms with Gasteiger partial charge >= 0.3 is 0 Å². The standard InChI is InChI=1S/C24H33N3O2S2/c1-15-10-12-27(18-8-4-2-6-16(15)18)21(28)11-13-30-14-20-25-23(29)22-17-7-3-5-9-19(17)31-24(22)26-20/h15-16,18H,2-14H2,1H3,(H,25,26,29). The monoisotopic (exact) mass is 459 g/mol. The van der Waals surface area contributed by atoms with Crippen LogP contribution in [0.5, 0.6) is 0 Å². The summed E-state index contributed by atoms with van der Waals surface area (Å²) in [5.41, 5.74) is 1.25. The van der Waals surface area contributed by atoms with E-state index in [1.54, 1.807) is 23.1 Å². The number of fused-ring (bicyclic) bond motifs is 4. The van der Waals surface area contributed by atoms with E-state index in [4.69, 9.17) is 4.98 Å². The average molecular weight is 460 g/mol. The van der Waals surface area contributed by atoms with E-state index in [-0.39, 0.29) is 5.56 Å². The van der Waals surface area contributed by atoms with Gasteiger partial charge in [-0.05, 0) is 62.3 Å². The third-order valence-electron chi connectivity index (χ3n) is 7.63. The van der Waals surface area contributed by atoms with Crippen LogP contribution in [0.15, 0.2) is 4.79 Å². The molecular weight excluding hydrogens is 426 g/mol. The topological polar surface area (TPSA) is 66.1 Å². The zero-order chi connectivity index (χ0) is 21.4. The van der Waals surface area contributed by atoms with Crippen LogP contribution in [-0.4, -0.2) is 39.1 Å². The van der Waals surface area contributed by atoms with Gasteiger partial charge in [-0.3, -0.25) is 9.59 Å². The van der Waals surface area contributed by atoms with Gasteiger partial charge in [0.1, 0.15) is 10.7 Å². The van der Waals surface area contributed by atoms with E-state index in [2.05, 4.69) is 16.8 Å². The van der Waals surface area contributed by atoms with Crippen molar-refractivity contribution in [1.29, 1.82) is 0 Å². The molecule has 1 aliphatic heterocycles. The molecular formula is C24H33N3O2S2. The Morgan fingerprint density at radius 2 is 2.03 bits per heavy atom. The van der Waals surface area contributed by atoms with Crippen molar-refractivity contribution in [3.05, 3.63) is 26.6 Å². The molecule has 2 fully saturated rings. The van der Waals surface area contributed by atoms with Crippen molar-refractivity contribution in [3.63, 3.8) is 0 Å². The molecule has 31 heavy (non-hydrogen) atoms. The van der Waals surface area contributed by atoms with Crippen molar-refractivity contribution in [2.24, 2.45) is 11.8 Å². The fraction of sp³-hybridized carbons (Fsp3) is 0.708. The second-order valence-electron chi connectivity index (χ2n) is 9.58. The summed E-state index contributed by atoms with van der Waals surface area (Å²) in [5, 5.41) is 0.824. The highest BCUT2D eigenvalue weighted by molar-refractivity contribution is 7.98. The van der Waals surface area contributed by atoms with Gasteiger partial charge in [0.2, 0.25) is 5.91 Å². The van der Waals surface area contributed by atoms with Gasteiger partial charge in [-0.2, -0.15) is 11.8 Å². The number of hydrogen-bond acceptors (Lipinski definition) is 5. The Hall–Kier alpha value is -1.34. The SMILES string of the molecule is CC1CCN(C(=O)CCSCc2nc3sc4c(c3c(=O)[nH]2)CCCC4)C2CCCCC12. The van der Waals surface area contributed by atoms with Crippen LogP contribution in [0.3, 0.4) is 0 Å². The van der Waals surface area contributed by atoms with Crippen molar-refractivity contribution in [2.45, 2.75) is 82.9 Å². The molecule has 2 aromatic rings. The van der Waals surface area contributed by atoms with Crippen LogP contribution in [-0.2, 0) is 23.4 Å². The third-order valence-corrected chi connectivity index (χ3v) is 9.79. The number of rotatable bonds is 5. The van der Waals surface area contributed by atoms with Crippen molar-refractivity contribution >= 4 is 39.2 Å². The maximum absolute atomic E-state index is 13.0. The highest BCUT2D eigenvalue weighted by Crippen LogP contribution is 2.39. The Bertz CT molecular complexity index is 1010. The number of aromatic amines is 1. The molecule has 1 amide bonds. The highest BCUT2D eigenvalue weighted by Gasteiger charge is 2.39. The number of nitrogens with one attached hydrogen (secondary N) is 1. The third kappa shape index (κ3) is 4.32.